The quantitative estimate of drug-likeness (QED) is 0.364. The number of H-pyrrole nitrogens is 1. The number of hydrogen-bond donors (Lipinski definition) is 3. The largest absolute Gasteiger partial charge is 0.444 e. The second-order valence-electron chi connectivity index (χ2n) is 9.07. The molecule has 1 atom stereocenters. The summed E-state index contributed by atoms with van der Waals surface area (Å²) in [4.78, 5) is 36.6. The molecule has 3 aromatic heterocycles. The summed E-state index contributed by atoms with van der Waals surface area (Å²) < 4.78 is 18.7. The highest BCUT2D eigenvalue weighted by atomic mass is 19.1. The van der Waals surface area contributed by atoms with E-state index in [-0.39, 0.29) is 5.82 Å². The Bertz CT molecular complexity index is 1360. The number of hydrogen-bond acceptors (Lipinski definition) is 5. The van der Waals surface area contributed by atoms with E-state index in [1.165, 1.54) is 12.1 Å². The number of aromatic nitrogens is 3. The summed E-state index contributed by atoms with van der Waals surface area (Å²) in [6, 6.07) is 12.6. The normalized spacial score (nSPS) is 12.3. The van der Waals surface area contributed by atoms with Gasteiger partial charge in [0.2, 0.25) is 5.91 Å². The number of aromatic amines is 1. The standard InChI is InChI=1S/C26H26FN5O3/c1-15(29-25(34)35-26(2,3)4)24(33)31-20-10-9-19-21(16-11-13-28-14-12-16)22(32-23(19)30-20)17-5-7-18(27)8-6-17/h5-15H,1-4H3,(H,29,34)(H2,30,31,32,33)/t15-/m1/s1. The molecule has 0 unspecified atom stereocenters. The Morgan fingerprint density at radius 2 is 1.69 bits per heavy atom. The summed E-state index contributed by atoms with van der Waals surface area (Å²) in [7, 11) is 0. The summed E-state index contributed by atoms with van der Waals surface area (Å²) in [5, 5.41) is 6.05. The molecule has 0 saturated heterocycles. The molecule has 0 aliphatic rings. The predicted molar refractivity (Wildman–Crippen MR) is 132 cm³/mol. The molecule has 9 heteroatoms. The van der Waals surface area contributed by atoms with Crippen molar-refractivity contribution in [3.05, 3.63) is 66.7 Å². The minimum absolute atomic E-state index is 0.313. The van der Waals surface area contributed by atoms with Gasteiger partial charge in [-0.15, -0.1) is 0 Å². The van der Waals surface area contributed by atoms with Gasteiger partial charge < -0.3 is 20.4 Å². The van der Waals surface area contributed by atoms with Crippen LogP contribution in [0.2, 0.25) is 0 Å². The molecule has 0 aliphatic carbocycles. The number of nitrogens with zero attached hydrogens (tertiary/aromatic N) is 2. The highest BCUT2D eigenvalue weighted by Gasteiger charge is 2.22. The number of carbonyl (C=O) groups is 2. The fourth-order valence-electron chi connectivity index (χ4n) is 3.58. The first-order valence-corrected chi connectivity index (χ1v) is 11.1. The lowest BCUT2D eigenvalue weighted by atomic mass is 10.00. The van der Waals surface area contributed by atoms with Gasteiger partial charge in [0.15, 0.2) is 0 Å². The van der Waals surface area contributed by atoms with Crippen LogP contribution >= 0.6 is 0 Å². The first-order chi connectivity index (χ1) is 16.6. The van der Waals surface area contributed by atoms with E-state index in [1.807, 2.05) is 18.2 Å². The van der Waals surface area contributed by atoms with Crippen LogP contribution in [0, 0.1) is 5.82 Å². The van der Waals surface area contributed by atoms with Crippen molar-refractivity contribution < 1.29 is 18.7 Å². The highest BCUT2D eigenvalue weighted by Crippen LogP contribution is 2.38. The Morgan fingerprint density at radius 3 is 2.34 bits per heavy atom. The smallest absolute Gasteiger partial charge is 0.408 e. The van der Waals surface area contributed by atoms with Gasteiger partial charge in [0, 0.05) is 23.3 Å². The van der Waals surface area contributed by atoms with Crippen molar-refractivity contribution in [2.24, 2.45) is 0 Å². The van der Waals surface area contributed by atoms with Gasteiger partial charge in [0.25, 0.3) is 0 Å². The molecule has 2 amide bonds. The van der Waals surface area contributed by atoms with E-state index in [4.69, 9.17) is 4.74 Å². The van der Waals surface area contributed by atoms with Gasteiger partial charge in [-0.3, -0.25) is 9.78 Å². The van der Waals surface area contributed by atoms with Gasteiger partial charge in [-0.25, -0.2) is 14.2 Å². The number of benzene rings is 1. The van der Waals surface area contributed by atoms with Crippen molar-refractivity contribution in [3.8, 4) is 22.4 Å². The number of amides is 2. The maximum absolute atomic E-state index is 13.5. The summed E-state index contributed by atoms with van der Waals surface area (Å²) in [6.07, 6.45) is 2.71. The number of carbonyl (C=O) groups excluding carboxylic acids is 2. The van der Waals surface area contributed by atoms with Gasteiger partial charge in [0.1, 0.15) is 28.9 Å². The van der Waals surface area contributed by atoms with E-state index in [1.54, 1.807) is 58.3 Å². The van der Waals surface area contributed by atoms with Gasteiger partial charge >= 0.3 is 6.09 Å². The first kappa shape index (κ1) is 23.9. The van der Waals surface area contributed by atoms with Crippen LogP contribution in [-0.4, -0.2) is 38.6 Å². The average molecular weight is 476 g/mol. The SMILES string of the molecule is C[C@@H](NC(=O)OC(C)(C)C)C(=O)Nc1ccc2c(-c3ccncc3)c(-c3ccc(F)cc3)[nH]c2n1. The second-order valence-corrected chi connectivity index (χ2v) is 9.07. The Morgan fingerprint density at radius 1 is 1.00 bits per heavy atom. The van der Waals surface area contributed by atoms with Gasteiger partial charge in [-0.2, -0.15) is 0 Å². The van der Waals surface area contributed by atoms with Crippen molar-refractivity contribution in [1.29, 1.82) is 0 Å². The van der Waals surface area contributed by atoms with Crippen LogP contribution in [0.25, 0.3) is 33.4 Å². The third-order valence-electron chi connectivity index (χ3n) is 5.14. The predicted octanol–water partition coefficient (Wildman–Crippen LogP) is 5.28. The summed E-state index contributed by atoms with van der Waals surface area (Å²) >= 11 is 0. The molecule has 0 aliphatic heterocycles. The maximum Gasteiger partial charge on any atom is 0.408 e. The molecule has 35 heavy (non-hydrogen) atoms. The monoisotopic (exact) mass is 475 g/mol. The number of ether oxygens (including phenoxy) is 1. The van der Waals surface area contributed by atoms with Crippen molar-refractivity contribution >= 4 is 28.9 Å². The lowest BCUT2D eigenvalue weighted by molar-refractivity contribution is -0.117. The maximum atomic E-state index is 13.5. The van der Waals surface area contributed by atoms with E-state index in [0.29, 0.717) is 11.5 Å². The van der Waals surface area contributed by atoms with Crippen LogP contribution in [0.15, 0.2) is 60.9 Å². The molecule has 0 bridgehead atoms. The molecular weight excluding hydrogens is 449 g/mol. The number of alkyl carbamates (subject to hydrolysis) is 1. The topological polar surface area (TPSA) is 109 Å². The molecule has 4 aromatic rings. The minimum Gasteiger partial charge on any atom is -0.444 e. The zero-order chi connectivity index (χ0) is 25.2. The molecule has 3 N–H and O–H groups in total. The Kier molecular flexibility index (Phi) is 6.50. The van der Waals surface area contributed by atoms with E-state index in [9.17, 15) is 14.0 Å². The Labute approximate surface area is 201 Å². The lowest BCUT2D eigenvalue weighted by Gasteiger charge is -2.21. The molecule has 0 spiro atoms. The third kappa shape index (κ3) is 5.63. The zero-order valence-corrected chi connectivity index (χ0v) is 19.8. The lowest BCUT2D eigenvalue weighted by Crippen LogP contribution is -2.44. The number of halogens is 1. The molecule has 8 nitrogen and oxygen atoms in total. The van der Waals surface area contributed by atoms with Crippen molar-refractivity contribution in [2.45, 2.75) is 39.3 Å². The van der Waals surface area contributed by atoms with Crippen LogP contribution in [0.3, 0.4) is 0 Å². The van der Waals surface area contributed by atoms with E-state index < -0.39 is 23.6 Å². The van der Waals surface area contributed by atoms with Crippen LogP contribution in [0.1, 0.15) is 27.7 Å². The highest BCUT2D eigenvalue weighted by molar-refractivity contribution is 6.03. The van der Waals surface area contributed by atoms with Crippen LogP contribution < -0.4 is 10.6 Å². The minimum atomic E-state index is -0.840. The van der Waals surface area contributed by atoms with Crippen LogP contribution in [-0.2, 0) is 9.53 Å². The Hall–Kier alpha value is -4.27. The fourth-order valence-corrected chi connectivity index (χ4v) is 3.58. The van der Waals surface area contributed by atoms with E-state index in [0.717, 1.165) is 27.8 Å². The van der Waals surface area contributed by atoms with Crippen LogP contribution in [0.4, 0.5) is 15.0 Å². The summed E-state index contributed by atoms with van der Waals surface area (Å²) in [5.41, 5.74) is 3.23. The van der Waals surface area contributed by atoms with E-state index >= 15 is 0 Å². The Balaban J connectivity index is 1.63. The number of fused-ring (bicyclic) bond motifs is 1. The zero-order valence-electron chi connectivity index (χ0n) is 19.8. The molecule has 180 valence electrons. The van der Waals surface area contributed by atoms with Crippen molar-refractivity contribution in [3.63, 3.8) is 0 Å². The average Bonchev–Trinajstić information content (AvgIpc) is 3.17. The molecule has 0 radical (unpaired) electrons. The van der Waals surface area contributed by atoms with Gasteiger partial charge in [-0.05, 0) is 87.4 Å². The van der Waals surface area contributed by atoms with Gasteiger partial charge in [-0.1, -0.05) is 0 Å². The summed E-state index contributed by atoms with van der Waals surface area (Å²) in [5.74, 6) is -0.455. The van der Waals surface area contributed by atoms with E-state index in [2.05, 4.69) is 25.6 Å². The van der Waals surface area contributed by atoms with Crippen LogP contribution in [0.5, 0.6) is 0 Å². The van der Waals surface area contributed by atoms with Gasteiger partial charge in [0.05, 0.1) is 5.69 Å². The molecule has 0 saturated carbocycles. The van der Waals surface area contributed by atoms with Crippen molar-refractivity contribution in [1.82, 2.24) is 20.3 Å². The number of pyridine rings is 2. The number of nitrogens with one attached hydrogen (secondary N) is 3. The molecule has 3 heterocycles. The fraction of sp³-hybridized carbons (Fsp3) is 0.231. The molecule has 1 aromatic carbocycles. The first-order valence-electron chi connectivity index (χ1n) is 11.1. The number of rotatable bonds is 5. The molecular formula is C26H26FN5O3. The molecule has 4 rings (SSSR count). The number of anilines is 1. The molecule has 0 fully saturated rings. The van der Waals surface area contributed by atoms with Crippen molar-refractivity contribution in [2.75, 3.05) is 5.32 Å². The third-order valence-corrected chi connectivity index (χ3v) is 5.14. The summed E-state index contributed by atoms with van der Waals surface area (Å²) in [6.45, 7) is 6.79. The second kappa shape index (κ2) is 9.54.